The van der Waals surface area contributed by atoms with Crippen molar-refractivity contribution in [3.63, 3.8) is 0 Å². The van der Waals surface area contributed by atoms with Gasteiger partial charge in [0.15, 0.2) is 0 Å². The van der Waals surface area contributed by atoms with Crippen LogP contribution in [0.4, 0.5) is 0 Å². The maximum Gasteiger partial charge on any atom is 0.229 e. The van der Waals surface area contributed by atoms with Gasteiger partial charge in [0.2, 0.25) is 11.8 Å². The van der Waals surface area contributed by atoms with E-state index in [-0.39, 0.29) is 17.7 Å². The lowest BCUT2D eigenvalue weighted by Gasteiger charge is -2.10. The van der Waals surface area contributed by atoms with Crippen LogP contribution in [0.15, 0.2) is 0 Å². The second-order valence-corrected chi connectivity index (χ2v) is 4.18. The van der Waals surface area contributed by atoms with E-state index in [2.05, 4.69) is 10.6 Å². The molecule has 0 aliphatic heterocycles. The standard InChI is InChI=1S/C10H19IN2O2/c1-3-12-10(15)8(2)5-4-6-13-9(14)7-11/h8H,3-7H2,1-2H3,(H,12,15)(H,13,14)/t8-/m0/s1. The van der Waals surface area contributed by atoms with Crippen molar-refractivity contribution in [2.45, 2.75) is 26.7 Å². The number of carbonyl (C=O) groups is 2. The molecule has 2 amide bonds. The molecule has 88 valence electrons. The molecule has 5 heteroatoms. The lowest BCUT2D eigenvalue weighted by atomic mass is 10.1. The van der Waals surface area contributed by atoms with Gasteiger partial charge >= 0.3 is 0 Å². The summed E-state index contributed by atoms with van der Waals surface area (Å²) in [5.74, 6) is 0.181. The third kappa shape index (κ3) is 7.58. The summed E-state index contributed by atoms with van der Waals surface area (Å²) >= 11 is 2.02. The van der Waals surface area contributed by atoms with Crippen LogP contribution in [0, 0.1) is 5.92 Å². The summed E-state index contributed by atoms with van der Waals surface area (Å²) in [7, 11) is 0. The highest BCUT2D eigenvalue weighted by Crippen LogP contribution is 2.04. The minimum atomic E-state index is 0.0291. The molecule has 0 fully saturated rings. The minimum Gasteiger partial charge on any atom is -0.356 e. The van der Waals surface area contributed by atoms with Gasteiger partial charge in [0.05, 0.1) is 4.43 Å². The summed E-state index contributed by atoms with van der Waals surface area (Å²) in [6.45, 7) is 5.15. The van der Waals surface area contributed by atoms with E-state index in [9.17, 15) is 9.59 Å². The first-order chi connectivity index (χ1) is 7.11. The Hall–Kier alpha value is -0.330. The van der Waals surface area contributed by atoms with Crippen LogP contribution in [0.25, 0.3) is 0 Å². The van der Waals surface area contributed by atoms with Gasteiger partial charge in [-0.25, -0.2) is 0 Å². The molecule has 0 rings (SSSR count). The van der Waals surface area contributed by atoms with Gasteiger partial charge in [0, 0.05) is 19.0 Å². The molecule has 0 aliphatic carbocycles. The molecular formula is C10H19IN2O2. The molecule has 0 saturated heterocycles. The Bertz CT molecular complexity index is 210. The smallest absolute Gasteiger partial charge is 0.229 e. The normalized spacial score (nSPS) is 11.9. The summed E-state index contributed by atoms with van der Waals surface area (Å²) in [5.41, 5.74) is 0. The molecule has 1 atom stereocenters. The Balaban J connectivity index is 3.50. The summed E-state index contributed by atoms with van der Waals surface area (Å²) in [4.78, 5) is 22.2. The van der Waals surface area contributed by atoms with Gasteiger partial charge in [-0.2, -0.15) is 0 Å². The minimum absolute atomic E-state index is 0.0291. The SMILES string of the molecule is CCNC(=O)[C@@H](C)CCCNC(=O)CI. The number of halogens is 1. The van der Waals surface area contributed by atoms with Gasteiger partial charge in [-0.15, -0.1) is 0 Å². The molecule has 2 N–H and O–H groups in total. The van der Waals surface area contributed by atoms with Crippen molar-refractivity contribution < 1.29 is 9.59 Å². The first kappa shape index (κ1) is 14.7. The van der Waals surface area contributed by atoms with Crippen molar-refractivity contribution in [3.8, 4) is 0 Å². The zero-order valence-corrected chi connectivity index (χ0v) is 11.5. The van der Waals surface area contributed by atoms with Crippen molar-refractivity contribution in [1.29, 1.82) is 0 Å². The number of amides is 2. The predicted octanol–water partition coefficient (Wildman–Crippen LogP) is 1.09. The zero-order chi connectivity index (χ0) is 11.7. The van der Waals surface area contributed by atoms with Gasteiger partial charge < -0.3 is 10.6 Å². The van der Waals surface area contributed by atoms with Crippen LogP contribution in [0.3, 0.4) is 0 Å². The van der Waals surface area contributed by atoms with Crippen LogP contribution < -0.4 is 10.6 Å². The molecule has 0 bridgehead atoms. The topological polar surface area (TPSA) is 58.2 Å². The lowest BCUT2D eigenvalue weighted by Crippen LogP contribution is -2.30. The fourth-order valence-electron chi connectivity index (χ4n) is 1.16. The Labute approximate surface area is 105 Å². The van der Waals surface area contributed by atoms with Crippen molar-refractivity contribution in [2.24, 2.45) is 5.92 Å². The third-order valence-electron chi connectivity index (χ3n) is 2.06. The first-order valence-electron chi connectivity index (χ1n) is 5.22. The van der Waals surface area contributed by atoms with Gasteiger partial charge in [-0.3, -0.25) is 9.59 Å². The Morgan fingerprint density at radius 3 is 2.53 bits per heavy atom. The molecule has 0 aromatic carbocycles. The summed E-state index contributed by atoms with van der Waals surface area (Å²) in [6.07, 6.45) is 1.66. The Kier molecular flexibility index (Phi) is 8.74. The van der Waals surface area contributed by atoms with Crippen LogP contribution in [-0.4, -0.2) is 29.3 Å². The first-order valence-corrected chi connectivity index (χ1v) is 6.74. The van der Waals surface area contributed by atoms with E-state index in [1.54, 1.807) is 0 Å². The number of carbonyl (C=O) groups excluding carboxylic acids is 2. The lowest BCUT2D eigenvalue weighted by molar-refractivity contribution is -0.124. The predicted molar refractivity (Wildman–Crippen MR) is 69.0 cm³/mol. The number of alkyl halides is 1. The molecule has 4 nitrogen and oxygen atoms in total. The second kappa shape index (κ2) is 8.94. The maximum absolute atomic E-state index is 11.3. The highest BCUT2D eigenvalue weighted by Gasteiger charge is 2.10. The number of hydrogen-bond donors (Lipinski definition) is 2. The van der Waals surface area contributed by atoms with Crippen LogP contribution >= 0.6 is 22.6 Å². The Morgan fingerprint density at radius 2 is 2.00 bits per heavy atom. The molecule has 0 unspecified atom stereocenters. The monoisotopic (exact) mass is 326 g/mol. The van der Waals surface area contributed by atoms with E-state index < -0.39 is 0 Å². The molecule has 0 saturated carbocycles. The van der Waals surface area contributed by atoms with Crippen molar-refractivity contribution in [1.82, 2.24) is 10.6 Å². The zero-order valence-electron chi connectivity index (χ0n) is 9.31. The number of hydrogen-bond acceptors (Lipinski definition) is 2. The fourth-order valence-corrected chi connectivity index (χ4v) is 1.43. The average molecular weight is 326 g/mol. The molecular weight excluding hydrogens is 307 g/mol. The summed E-state index contributed by atoms with van der Waals surface area (Å²) in [5, 5.41) is 5.56. The van der Waals surface area contributed by atoms with Gasteiger partial charge in [-0.1, -0.05) is 29.5 Å². The Morgan fingerprint density at radius 1 is 1.33 bits per heavy atom. The molecule has 0 aliphatic rings. The van der Waals surface area contributed by atoms with E-state index in [0.29, 0.717) is 17.5 Å². The van der Waals surface area contributed by atoms with Crippen LogP contribution in [0.1, 0.15) is 26.7 Å². The molecule has 0 aromatic rings. The van der Waals surface area contributed by atoms with E-state index in [1.165, 1.54) is 0 Å². The molecule has 15 heavy (non-hydrogen) atoms. The largest absolute Gasteiger partial charge is 0.356 e. The highest BCUT2D eigenvalue weighted by atomic mass is 127. The van der Waals surface area contributed by atoms with E-state index >= 15 is 0 Å². The number of rotatable bonds is 7. The van der Waals surface area contributed by atoms with Gasteiger partial charge in [0.1, 0.15) is 0 Å². The fraction of sp³-hybridized carbons (Fsp3) is 0.800. The van der Waals surface area contributed by atoms with Crippen LogP contribution in [0.5, 0.6) is 0 Å². The number of nitrogens with one attached hydrogen (secondary N) is 2. The molecule has 0 heterocycles. The maximum atomic E-state index is 11.3. The van der Waals surface area contributed by atoms with Gasteiger partial charge in [0.25, 0.3) is 0 Å². The van der Waals surface area contributed by atoms with Crippen LogP contribution in [-0.2, 0) is 9.59 Å². The van der Waals surface area contributed by atoms with Gasteiger partial charge in [-0.05, 0) is 19.8 Å². The molecule has 0 aromatic heterocycles. The molecule has 0 radical (unpaired) electrons. The highest BCUT2D eigenvalue weighted by molar-refractivity contribution is 14.1. The third-order valence-corrected chi connectivity index (χ3v) is 2.75. The van der Waals surface area contributed by atoms with Crippen molar-refractivity contribution in [2.75, 3.05) is 17.5 Å². The summed E-state index contributed by atoms with van der Waals surface area (Å²) in [6, 6.07) is 0. The van der Waals surface area contributed by atoms with Crippen molar-refractivity contribution >= 4 is 34.4 Å². The van der Waals surface area contributed by atoms with Crippen LogP contribution in [0.2, 0.25) is 0 Å². The second-order valence-electron chi connectivity index (χ2n) is 3.42. The quantitative estimate of drug-likeness (QED) is 0.418. The van der Waals surface area contributed by atoms with Crippen molar-refractivity contribution in [3.05, 3.63) is 0 Å². The van der Waals surface area contributed by atoms with E-state index in [0.717, 1.165) is 12.8 Å². The summed E-state index contributed by atoms with van der Waals surface area (Å²) < 4.78 is 0.490. The molecule has 0 spiro atoms. The average Bonchev–Trinajstić information content (AvgIpc) is 2.23. The van der Waals surface area contributed by atoms with E-state index in [1.807, 2.05) is 36.4 Å². The van der Waals surface area contributed by atoms with E-state index in [4.69, 9.17) is 0 Å².